The summed E-state index contributed by atoms with van der Waals surface area (Å²) in [6.07, 6.45) is 1.59. The van der Waals surface area contributed by atoms with Crippen LogP contribution in [0, 0.1) is 6.92 Å². The number of nitrogens with one attached hydrogen (secondary N) is 1. The van der Waals surface area contributed by atoms with Gasteiger partial charge in [0.25, 0.3) is 0 Å². The molecule has 0 aromatic carbocycles. The molecule has 1 aromatic heterocycles. The highest BCUT2D eigenvalue weighted by Crippen LogP contribution is 2.33. The van der Waals surface area contributed by atoms with Crippen LogP contribution in [0.1, 0.15) is 18.3 Å². The Labute approximate surface area is 99.5 Å². The van der Waals surface area contributed by atoms with Crippen LogP contribution >= 0.6 is 0 Å². The Hall–Kier alpha value is -1.82. The molecule has 0 amide bonds. The number of hydrogen-bond acceptors (Lipinski definition) is 4. The first kappa shape index (κ1) is 11.7. The van der Waals surface area contributed by atoms with Gasteiger partial charge in [-0.3, -0.25) is 4.68 Å². The summed E-state index contributed by atoms with van der Waals surface area (Å²) in [5.74, 6) is -0.928. The van der Waals surface area contributed by atoms with E-state index >= 15 is 0 Å². The van der Waals surface area contributed by atoms with Crippen molar-refractivity contribution in [1.82, 2.24) is 20.2 Å². The van der Waals surface area contributed by atoms with Crippen molar-refractivity contribution in [1.29, 1.82) is 0 Å². The number of carboxylic acid groups (broad SMARTS) is 1. The van der Waals surface area contributed by atoms with Crippen LogP contribution in [0.25, 0.3) is 0 Å². The van der Waals surface area contributed by atoms with E-state index in [0.717, 1.165) is 11.4 Å². The van der Waals surface area contributed by atoms with Gasteiger partial charge in [-0.1, -0.05) is 0 Å². The maximum Gasteiger partial charge on any atom is 0.335 e. The standard InChI is InChI=1S/C11H16N4O2/c1-7-5-9(15(4)12-7)11(2)8(10(16)17)6-14(3)13-11/h5-6,13H,1-4H3,(H,16,17). The molecule has 6 heteroatoms. The molecule has 0 aliphatic carbocycles. The average molecular weight is 236 g/mol. The van der Waals surface area contributed by atoms with Crippen molar-refractivity contribution in [2.45, 2.75) is 19.4 Å². The Balaban J connectivity index is 2.53. The van der Waals surface area contributed by atoms with Crippen LogP contribution in [0.3, 0.4) is 0 Å². The van der Waals surface area contributed by atoms with Gasteiger partial charge in [-0.25, -0.2) is 10.2 Å². The van der Waals surface area contributed by atoms with Gasteiger partial charge in [-0.15, -0.1) is 0 Å². The lowest BCUT2D eigenvalue weighted by Crippen LogP contribution is -2.44. The second-order valence-electron chi connectivity index (χ2n) is 4.49. The number of rotatable bonds is 2. The molecule has 6 nitrogen and oxygen atoms in total. The molecular formula is C11H16N4O2. The predicted octanol–water partition coefficient (Wildman–Crippen LogP) is 0.362. The van der Waals surface area contributed by atoms with Crippen LogP contribution in [-0.4, -0.2) is 32.9 Å². The maximum atomic E-state index is 11.3. The highest BCUT2D eigenvalue weighted by atomic mass is 16.4. The molecule has 0 spiro atoms. The van der Waals surface area contributed by atoms with Crippen LogP contribution < -0.4 is 5.43 Å². The molecule has 0 saturated heterocycles. The number of nitrogens with zero attached hydrogens (tertiary/aromatic N) is 3. The minimum atomic E-state index is -0.928. The fourth-order valence-electron chi connectivity index (χ4n) is 2.31. The van der Waals surface area contributed by atoms with Gasteiger partial charge in [0, 0.05) is 20.3 Å². The van der Waals surface area contributed by atoms with Gasteiger partial charge in [0.2, 0.25) is 0 Å². The zero-order chi connectivity index (χ0) is 12.8. The van der Waals surface area contributed by atoms with E-state index in [4.69, 9.17) is 0 Å². The lowest BCUT2D eigenvalue weighted by atomic mass is 9.90. The maximum absolute atomic E-state index is 11.3. The van der Waals surface area contributed by atoms with Crippen molar-refractivity contribution >= 4 is 5.97 Å². The summed E-state index contributed by atoms with van der Waals surface area (Å²) < 4.78 is 1.71. The topological polar surface area (TPSA) is 70.4 Å². The highest BCUT2D eigenvalue weighted by Gasteiger charge is 2.42. The van der Waals surface area contributed by atoms with E-state index < -0.39 is 11.5 Å². The molecule has 2 rings (SSSR count). The molecule has 1 aromatic rings. The molecule has 1 aliphatic rings. The van der Waals surface area contributed by atoms with Crippen molar-refractivity contribution in [3.05, 3.63) is 29.2 Å². The summed E-state index contributed by atoms with van der Waals surface area (Å²) in [6.45, 7) is 3.72. The van der Waals surface area contributed by atoms with Gasteiger partial charge in [0.15, 0.2) is 0 Å². The molecule has 92 valence electrons. The first-order chi connectivity index (χ1) is 7.84. The third-order valence-corrected chi connectivity index (χ3v) is 3.01. The predicted molar refractivity (Wildman–Crippen MR) is 61.9 cm³/mol. The number of aromatic nitrogens is 2. The highest BCUT2D eigenvalue weighted by molar-refractivity contribution is 5.90. The summed E-state index contributed by atoms with van der Waals surface area (Å²) in [7, 11) is 3.59. The smallest absolute Gasteiger partial charge is 0.335 e. The number of hydrogen-bond donors (Lipinski definition) is 2. The zero-order valence-electron chi connectivity index (χ0n) is 10.4. The van der Waals surface area contributed by atoms with E-state index in [2.05, 4.69) is 10.5 Å². The molecule has 2 N–H and O–H groups in total. The Morgan fingerprint density at radius 3 is 2.65 bits per heavy atom. The fraction of sp³-hybridized carbons (Fsp3) is 0.455. The molecular weight excluding hydrogens is 220 g/mol. The van der Waals surface area contributed by atoms with Crippen LogP contribution in [0.15, 0.2) is 17.8 Å². The summed E-state index contributed by atoms with van der Waals surface area (Å²) in [6, 6.07) is 1.89. The van der Waals surface area contributed by atoms with Crippen LogP contribution in [-0.2, 0) is 17.4 Å². The molecule has 1 aliphatic heterocycles. The van der Waals surface area contributed by atoms with Crippen molar-refractivity contribution in [3.8, 4) is 0 Å². The van der Waals surface area contributed by atoms with Crippen LogP contribution in [0.5, 0.6) is 0 Å². The Morgan fingerprint density at radius 2 is 2.18 bits per heavy atom. The van der Waals surface area contributed by atoms with Gasteiger partial charge in [-0.05, 0) is 19.9 Å². The third kappa shape index (κ3) is 1.70. The molecule has 17 heavy (non-hydrogen) atoms. The van der Waals surface area contributed by atoms with Crippen molar-refractivity contribution in [3.63, 3.8) is 0 Å². The average Bonchev–Trinajstić information content (AvgIpc) is 2.68. The van der Waals surface area contributed by atoms with Crippen molar-refractivity contribution in [2.24, 2.45) is 7.05 Å². The van der Waals surface area contributed by atoms with Crippen LogP contribution in [0.4, 0.5) is 0 Å². The fourth-order valence-corrected chi connectivity index (χ4v) is 2.31. The lowest BCUT2D eigenvalue weighted by molar-refractivity contribution is -0.133. The molecule has 0 radical (unpaired) electrons. The van der Waals surface area contributed by atoms with Gasteiger partial charge >= 0.3 is 5.97 Å². The van der Waals surface area contributed by atoms with Crippen molar-refractivity contribution in [2.75, 3.05) is 7.05 Å². The first-order valence-corrected chi connectivity index (χ1v) is 5.32. The second kappa shape index (κ2) is 3.59. The lowest BCUT2D eigenvalue weighted by Gasteiger charge is -2.27. The van der Waals surface area contributed by atoms with E-state index in [1.807, 2.05) is 27.0 Å². The van der Waals surface area contributed by atoms with Gasteiger partial charge in [0.05, 0.1) is 17.0 Å². The zero-order valence-corrected chi connectivity index (χ0v) is 10.4. The van der Waals surface area contributed by atoms with E-state index in [-0.39, 0.29) is 0 Å². The number of aliphatic carboxylic acids is 1. The van der Waals surface area contributed by atoms with Crippen molar-refractivity contribution < 1.29 is 9.90 Å². The SMILES string of the molecule is Cc1cc(C2(C)NN(C)C=C2C(=O)O)n(C)n1. The van der Waals surface area contributed by atoms with Crippen LogP contribution in [0.2, 0.25) is 0 Å². The quantitative estimate of drug-likeness (QED) is 0.776. The number of carbonyl (C=O) groups is 1. The Morgan fingerprint density at radius 1 is 1.53 bits per heavy atom. The summed E-state index contributed by atoms with van der Waals surface area (Å²) in [5, 5.41) is 15.2. The number of aryl methyl sites for hydroxylation is 2. The van der Waals surface area contributed by atoms with E-state index in [1.54, 1.807) is 22.9 Å². The Kier molecular flexibility index (Phi) is 2.46. The summed E-state index contributed by atoms with van der Waals surface area (Å²) in [5.41, 5.74) is 4.38. The molecule has 1 unspecified atom stereocenters. The second-order valence-corrected chi connectivity index (χ2v) is 4.49. The number of carboxylic acids is 1. The van der Waals surface area contributed by atoms with E-state index in [1.165, 1.54) is 0 Å². The van der Waals surface area contributed by atoms with Gasteiger partial charge in [-0.2, -0.15) is 5.10 Å². The molecule has 0 saturated carbocycles. The third-order valence-electron chi connectivity index (χ3n) is 3.01. The van der Waals surface area contributed by atoms with E-state index in [0.29, 0.717) is 5.57 Å². The van der Waals surface area contributed by atoms with Gasteiger partial charge in [0.1, 0.15) is 5.54 Å². The summed E-state index contributed by atoms with van der Waals surface area (Å²) >= 11 is 0. The minimum Gasteiger partial charge on any atom is -0.478 e. The largest absolute Gasteiger partial charge is 0.478 e. The van der Waals surface area contributed by atoms with E-state index in [9.17, 15) is 9.90 Å². The molecule has 1 atom stereocenters. The normalized spacial score (nSPS) is 24.0. The Bertz CT molecular complexity index is 506. The number of hydrazine groups is 1. The van der Waals surface area contributed by atoms with Gasteiger partial charge < -0.3 is 10.1 Å². The minimum absolute atomic E-state index is 0.308. The first-order valence-electron chi connectivity index (χ1n) is 5.32. The molecule has 2 heterocycles. The summed E-state index contributed by atoms with van der Waals surface area (Å²) in [4.78, 5) is 11.3. The molecule has 0 bridgehead atoms. The monoisotopic (exact) mass is 236 g/mol. The molecule has 0 fully saturated rings.